The molecule has 0 unspecified atom stereocenters. The van der Waals surface area contributed by atoms with Crippen molar-refractivity contribution >= 4 is 49.7 Å². The number of nitrogens with zero attached hydrogens (tertiary/aromatic N) is 2. The molecule has 7 heteroatoms. The molecule has 6 nitrogen and oxygen atoms in total. The molecule has 0 bridgehead atoms. The van der Waals surface area contributed by atoms with E-state index in [4.69, 9.17) is 10.5 Å². The Morgan fingerprint density at radius 1 is 1.00 bits per heavy atom. The first-order valence-corrected chi connectivity index (χ1v) is 2.68. The molecular weight excluding hydrogens is 204 g/mol. The van der Waals surface area contributed by atoms with Crippen molar-refractivity contribution < 1.29 is 19.8 Å². The maximum Gasteiger partial charge on any atom is 2.00 e. The van der Waals surface area contributed by atoms with Crippen LogP contribution in [0.5, 0.6) is 0 Å². The van der Waals surface area contributed by atoms with Crippen molar-refractivity contribution in [1.82, 2.24) is 0 Å². The number of carboxylic acid groups (broad SMARTS) is 2. The van der Waals surface area contributed by atoms with Crippen molar-refractivity contribution in [3.8, 4) is 12.1 Å². The van der Waals surface area contributed by atoms with E-state index in [0.717, 1.165) is 0 Å². The molecule has 0 N–H and O–H groups in total. The van der Waals surface area contributed by atoms with Crippen molar-refractivity contribution in [3.63, 3.8) is 0 Å². The van der Waals surface area contributed by atoms with Gasteiger partial charge >= 0.3 is 37.7 Å². The minimum atomic E-state index is -1.32. The van der Waals surface area contributed by atoms with E-state index in [9.17, 15) is 19.8 Å². The van der Waals surface area contributed by atoms with Gasteiger partial charge in [-0.25, -0.2) is 0 Å². The Kier molecular flexibility index (Phi) is 19.1. The van der Waals surface area contributed by atoms with E-state index in [1.807, 2.05) is 0 Å². The largest absolute Gasteiger partial charge is 2.00 e. The van der Waals surface area contributed by atoms with Gasteiger partial charge in [-0.3, -0.25) is 0 Å². The molecule has 13 heavy (non-hydrogen) atoms. The summed E-state index contributed by atoms with van der Waals surface area (Å²) in [6.07, 6.45) is -1.03. The Morgan fingerprint density at radius 2 is 1.23 bits per heavy atom. The van der Waals surface area contributed by atoms with Gasteiger partial charge in [-0.2, -0.15) is 10.5 Å². The molecule has 0 aromatic heterocycles. The maximum atomic E-state index is 9.27. The standard InChI is InChI=1S/2C3H3NO2.Ca/c2*4-2-1-3(5)6;/h2*1H2,(H,5,6);/q;;+2/p-2. The summed E-state index contributed by atoms with van der Waals surface area (Å²) < 4.78 is 0. The third-order valence-electron chi connectivity index (χ3n) is 0.447. The normalized spacial score (nSPS) is 6.00. The van der Waals surface area contributed by atoms with Crippen molar-refractivity contribution in [2.45, 2.75) is 12.8 Å². The number of carbonyl (C=O) groups is 2. The molecule has 0 amide bonds. The van der Waals surface area contributed by atoms with E-state index < -0.39 is 24.8 Å². The van der Waals surface area contributed by atoms with Crippen molar-refractivity contribution in [1.29, 1.82) is 10.5 Å². The van der Waals surface area contributed by atoms with Crippen LogP contribution >= 0.6 is 0 Å². The summed E-state index contributed by atoms with van der Waals surface area (Å²) >= 11 is 0. The predicted molar refractivity (Wildman–Crippen MR) is 36.2 cm³/mol. The summed E-state index contributed by atoms with van der Waals surface area (Å²) in [4.78, 5) is 18.5. The van der Waals surface area contributed by atoms with Gasteiger partial charge in [0.05, 0.1) is 36.9 Å². The molecule has 0 rings (SSSR count). The SMILES string of the molecule is N#CCC(=O)[O-].N#CCC(=O)[O-].[Ca+2]. The molecule has 0 aliphatic carbocycles. The van der Waals surface area contributed by atoms with Gasteiger partial charge in [-0.05, 0) is 0 Å². The number of rotatable bonds is 2. The Hall–Kier alpha value is -0.820. The first-order chi connectivity index (χ1) is 5.54. The Morgan fingerprint density at radius 3 is 1.23 bits per heavy atom. The smallest absolute Gasteiger partial charge is 0.549 e. The van der Waals surface area contributed by atoms with Crippen molar-refractivity contribution in [2.24, 2.45) is 0 Å². The molecule has 0 saturated heterocycles. The second kappa shape index (κ2) is 13.7. The minimum absolute atomic E-state index is 0. The van der Waals surface area contributed by atoms with Crippen LogP contribution in [0.3, 0.4) is 0 Å². The zero-order valence-corrected chi connectivity index (χ0v) is 8.86. The fourth-order valence-corrected chi connectivity index (χ4v) is 0.129. The minimum Gasteiger partial charge on any atom is -0.549 e. The molecule has 0 atom stereocenters. The quantitative estimate of drug-likeness (QED) is 0.442. The van der Waals surface area contributed by atoms with Crippen LogP contribution in [-0.2, 0) is 9.59 Å². The molecule has 0 aromatic rings. The second-order valence-electron chi connectivity index (χ2n) is 1.41. The van der Waals surface area contributed by atoms with Gasteiger partial charge in [0.2, 0.25) is 0 Å². The number of hydrogen-bond donors (Lipinski definition) is 0. The fourth-order valence-electron chi connectivity index (χ4n) is 0.129. The molecule has 0 fully saturated rings. The number of nitriles is 2. The molecule has 0 aliphatic heterocycles. The van der Waals surface area contributed by atoms with Crippen LogP contribution in [0, 0.1) is 22.7 Å². The molecule has 0 radical (unpaired) electrons. The van der Waals surface area contributed by atoms with E-state index in [0.29, 0.717) is 0 Å². The summed E-state index contributed by atoms with van der Waals surface area (Å²) in [6, 6.07) is 2.81. The molecule has 0 saturated carbocycles. The first kappa shape index (κ1) is 18.1. The van der Waals surface area contributed by atoms with Crippen LogP contribution in [0.15, 0.2) is 0 Å². The molecule has 64 valence electrons. The van der Waals surface area contributed by atoms with Crippen LogP contribution in [0.1, 0.15) is 12.8 Å². The zero-order chi connectivity index (χ0) is 9.98. The van der Waals surface area contributed by atoms with Gasteiger partial charge in [0.1, 0.15) is 0 Å². The average molecular weight is 208 g/mol. The molecule has 0 heterocycles. The van der Waals surface area contributed by atoms with Gasteiger partial charge in [0, 0.05) is 0 Å². The third kappa shape index (κ3) is 35.1. The zero-order valence-electron chi connectivity index (χ0n) is 6.65. The summed E-state index contributed by atoms with van der Waals surface area (Å²) in [7, 11) is 0. The molecule has 0 spiro atoms. The van der Waals surface area contributed by atoms with Crippen molar-refractivity contribution in [3.05, 3.63) is 0 Å². The third-order valence-corrected chi connectivity index (χ3v) is 0.447. The Balaban J connectivity index is -0.000000143. The summed E-state index contributed by atoms with van der Waals surface area (Å²) in [5, 5.41) is 33.7. The predicted octanol–water partition coefficient (Wildman–Crippen LogP) is -3.08. The van der Waals surface area contributed by atoms with Crippen LogP contribution < -0.4 is 10.2 Å². The van der Waals surface area contributed by atoms with E-state index in [1.54, 1.807) is 0 Å². The molecule has 0 aliphatic rings. The average Bonchev–Trinajstić information content (AvgIpc) is 1.87. The van der Waals surface area contributed by atoms with E-state index in [2.05, 4.69) is 0 Å². The van der Waals surface area contributed by atoms with Crippen LogP contribution in [0.25, 0.3) is 0 Å². The van der Waals surface area contributed by atoms with Gasteiger partial charge in [-0.15, -0.1) is 0 Å². The van der Waals surface area contributed by atoms with Crippen molar-refractivity contribution in [2.75, 3.05) is 0 Å². The molecular formula is C6H4CaN2O4. The maximum absolute atomic E-state index is 9.27. The van der Waals surface area contributed by atoms with Gasteiger partial charge in [0.25, 0.3) is 0 Å². The van der Waals surface area contributed by atoms with E-state index in [1.165, 1.54) is 12.1 Å². The number of aliphatic carboxylic acids is 2. The molecule has 0 aromatic carbocycles. The van der Waals surface area contributed by atoms with Crippen LogP contribution in [-0.4, -0.2) is 49.7 Å². The topological polar surface area (TPSA) is 128 Å². The number of carbonyl (C=O) groups excluding carboxylic acids is 2. The second-order valence-corrected chi connectivity index (χ2v) is 1.41. The van der Waals surface area contributed by atoms with Crippen LogP contribution in [0.2, 0.25) is 0 Å². The van der Waals surface area contributed by atoms with Gasteiger partial charge < -0.3 is 19.8 Å². The number of carboxylic acids is 2. The van der Waals surface area contributed by atoms with Gasteiger partial charge in [-0.1, -0.05) is 0 Å². The summed E-state index contributed by atoms with van der Waals surface area (Å²) in [5.74, 6) is -2.64. The van der Waals surface area contributed by atoms with Crippen LogP contribution in [0.4, 0.5) is 0 Å². The number of hydrogen-bond acceptors (Lipinski definition) is 6. The van der Waals surface area contributed by atoms with E-state index in [-0.39, 0.29) is 37.7 Å². The van der Waals surface area contributed by atoms with Gasteiger partial charge in [0.15, 0.2) is 0 Å². The summed E-state index contributed by atoms with van der Waals surface area (Å²) in [6.45, 7) is 0. The Labute approximate surface area is 104 Å². The summed E-state index contributed by atoms with van der Waals surface area (Å²) in [5.41, 5.74) is 0. The monoisotopic (exact) mass is 208 g/mol. The Bertz CT molecular complexity index is 214. The van der Waals surface area contributed by atoms with E-state index >= 15 is 0 Å². The fraction of sp³-hybridized carbons (Fsp3) is 0.333. The first-order valence-electron chi connectivity index (χ1n) is 2.68.